The maximum atomic E-state index is 10.6. The molecule has 0 spiro atoms. The lowest BCUT2D eigenvalue weighted by atomic mass is 9.83. The number of carboxylic acids is 1. The van der Waals surface area contributed by atoms with Gasteiger partial charge in [-0.15, -0.1) is 0 Å². The van der Waals surface area contributed by atoms with E-state index in [2.05, 4.69) is 6.92 Å². The number of unbranched alkanes of at least 4 members (excludes halogenated alkanes) is 1. The summed E-state index contributed by atoms with van der Waals surface area (Å²) in [5.41, 5.74) is 0. The molecule has 7 heteroatoms. The van der Waals surface area contributed by atoms with E-state index in [9.17, 15) is 15.0 Å². The van der Waals surface area contributed by atoms with Crippen molar-refractivity contribution in [3.05, 3.63) is 0 Å². The first kappa shape index (κ1) is 22.3. The van der Waals surface area contributed by atoms with Crippen molar-refractivity contribution < 1.29 is 34.3 Å². The van der Waals surface area contributed by atoms with Gasteiger partial charge in [-0.1, -0.05) is 33.6 Å². The third-order valence-corrected chi connectivity index (χ3v) is 4.44. The fourth-order valence-corrected chi connectivity index (χ4v) is 3.15. The average Bonchev–Trinajstić information content (AvgIpc) is 2.53. The molecule has 148 valence electrons. The Hall–Kier alpha value is -0.730. The summed E-state index contributed by atoms with van der Waals surface area (Å²) in [5, 5.41) is 29.7. The van der Waals surface area contributed by atoms with Gasteiger partial charge >= 0.3 is 5.97 Å². The van der Waals surface area contributed by atoms with Gasteiger partial charge in [0, 0.05) is 5.92 Å². The van der Waals surface area contributed by atoms with Crippen LogP contribution >= 0.6 is 0 Å². The number of aliphatic hydroxyl groups excluding tert-OH is 2. The first-order valence-corrected chi connectivity index (χ1v) is 9.22. The van der Waals surface area contributed by atoms with Crippen LogP contribution in [0.25, 0.3) is 0 Å². The molecule has 6 atom stereocenters. The highest BCUT2D eigenvalue weighted by molar-refractivity contribution is 5.67. The molecule has 7 nitrogen and oxygen atoms in total. The largest absolute Gasteiger partial charge is 0.480 e. The number of aliphatic hydroxyl groups is 2. The minimum atomic E-state index is -1.14. The van der Waals surface area contributed by atoms with Crippen LogP contribution in [0.4, 0.5) is 0 Å². The Morgan fingerprint density at radius 2 is 1.88 bits per heavy atom. The molecule has 1 saturated heterocycles. The highest BCUT2D eigenvalue weighted by Crippen LogP contribution is 2.32. The number of aliphatic carboxylic acids is 1. The molecular weight excluding hydrogens is 328 g/mol. The number of rotatable bonds is 11. The Balaban J connectivity index is 2.74. The van der Waals surface area contributed by atoms with Gasteiger partial charge < -0.3 is 29.5 Å². The van der Waals surface area contributed by atoms with Crippen LogP contribution in [0.2, 0.25) is 0 Å². The summed E-state index contributed by atoms with van der Waals surface area (Å²) in [7, 11) is 0. The van der Waals surface area contributed by atoms with Crippen LogP contribution in [-0.2, 0) is 19.0 Å². The van der Waals surface area contributed by atoms with E-state index in [0.717, 1.165) is 19.3 Å². The quantitative estimate of drug-likeness (QED) is 0.514. The molecule has 1 aliphatic rings. The summed E-state index contributed by atoms with van der Waals surface area (Å²) in [6, 6.07) is 0. The maximum absolute atomic E-state index is 10.6. The molecule has 0 amide bonds. The summed E-state index contributed by atoms with van der Waals surface area (Å²) >= 11 is 0. The zero-order valence-corrected chi connectivity index (χ0v) is 15.8. The minimum Gasteiger partial charge on any atom is -0.480 e. The molecule has 1 rings (SSSR count). The lowest BCUT2D eigenvalue weighted by molar-refractivity contribution is -0.303. The second kappa shape index (κ2) is 11.1. The number of hydrogen-bond donors (Lipinski definition) is 3. The van der Waals surface area contributed by atoms with E-state index < -0.39 is 37.2 Å². The summed E-state index contributed by atoms with van der Waals surface area (Å²) in [4.78, 5) is 10.6. The van der Waals surface area contributed by atoms with Gasteiger partial charge in [-0.2, -0.15) is 0 Å². The van der Waals surface area contributed by atoms with Crippen LogP contribution in [-0.4, -0.2) is 65.2 Å². The maximum Gasteiger partial charge on any atom is 0.329 e. The van der Waals surface area contributed by atoms with Crippen molar-refractivity contribution in [2.45, 2.75) is 84.1 Å². The topological polar surface area (TPSA) is 105 Å². The van der Waals surface area contributed by atoms with Crippen LogP contribution in [0.15, 0.2) is 0 Å². The van der Waals surface area contributed by atoms with Gasteiger partial charge in [-0.05, 0) is 25.7 Å². The molecule has 1 fully saturated rings. The standard InChI is InChI=1S/C18H34O7/c1-5-6-7-12(4)24-18-17(22)16(21)13(8-11(2)3)14(25-18)9-23-10-15(19)20/h11-14,16-18,21-22H,5-10H2,1-4H3,(H,19,20). The molecule has 3 N–H and O–H groups in total. The van der Waals surface area contributed by atoms with Gasteiger partial charge in [-0.3, -0.25) is 0 Å². The number of hydrogen-bond acceptors (Lipinski definition) is 6. The lowest BCUT2D eigenvalue weighted by Crippen LogP contribution is -2.57. The summed E-state index contributed by atoms with van der Waals surface area (Å²) in [6.45, 7) is 7.65. The zero-order chi connectivity index (χ0) is 19.0. The number of ether oxygens (including phenoxy) is 3. The summed E-state index contributed by atoms with van der Waals surface area (Å²) < 4.78 is 16.8. The van der Waals surface area contributed by atoms with Gasteiger partial charge in [0.1, 0.15) is 12.7 Å². The molecule has 6 unspecified atom stereocenters. The highest BCUT2D eigenvalue weighted by Gasteiger charge is 2.45. The third-order valence-electron chi connectivity index (χ3n) is 4.44. The first-order valence-electron chi connectivity index (χ1n) is 9.22. The van der Waals surface area contributed by atoms with E-state index in [1.807, 2.05) is 20.8 Å². The Labute approximate surface area is 150 Å². The Kier molecular flexibility index (Phi) is 9.89. The molecular formula is C18H34O7. The monoisotopic (exact) mass is 362 g/mol. The molecule has 0 aromatic carbocycles. The van der Waals surface area contributed by atoms with Crippen molar-refractivity contribution >= 4 is 5.97 Å². The predicted octanol–water partition coefficient (Wildman–Crippen LogP) is 1.79. The van der Waals surface area contributed by atoms with Gasteiger partial charge in [0.05, 0.1) is 24.9 Å². The van der Waals surface area contributed by atoms with Crippen molar-refractivity contribution in [3.8, 4) is 0 Å². The van der Waals surface area contributed by atoms with Crippen LogP contribution in [0, 0.1) is 11.8 Å². The molecule has 0 saturated carbocycles. The van der Waals surface area contributed by atoms with E-state index in [4.69, 9.17) is 19.3 Å². The van der Waals surface area contributed by atoms with Crippen LogP contribution in [0.1, 0.15) is 53.4 Å². The van der Waals surface area contributed by atoms with Crippen molar-refractivity contribution in [1.29, 1.82) is 0 Å². The second-order valence-electron chi connectivity index (χ2n) is 7.32. The average molecular weight is 362 g/mol. The fourth-order valence-electron chi connectivity index (χ4n) is 3.15. The zero-order valence-electron chi connectivity index (χ0n) is 15.8. The molecule has 0 aromatic heterocycles. The van der Waals surface area contributed by atoms with Crippen molar-refractivity contribution in [3.63, 3.8) is 0 Å². The highest BCUT2D eigenvalue weighted by atomic mass is 16.7. The minimum absolute atomic E-state index is 0.0384. The fraction of sp³-hybridized carbons (Fsp3) is 0.944. The predicted molar refractivity (Wildman–Crippen MR) is 92.1 cm³/mol. The van der Waals surface area contributed by atoms with E-state index in [0.29, 0.717) is 12.3 Å². The molecule has 0 aliphatic carbocycles. The summed E-state index contributed by atoms with van der Waals surface area (Å²) in [5.74, 6) is -1.11. The third kappa shape index (κ3) is 7.58. The van der Waals surface area contributed by atoms with Gasteiger partial charge in [0.25, 0.3) is 0 Å². The SMILES string of the molecule is CCCCC(C)OC1OC(COCC(=O)O)C(CC(C)C)C(O)C1O. The molecule has 1 aliphatic heterocycles. The Bertz CT molecular complexity index is 388. The molecule has 1 heterocycles. The number of carbonyl (C=O) groups is 1. The smallest absolute Gasteiger partial charge is 0.329 e. The molecule has 0 bridgehead atoms. The Morgan fingerprint density at radius 1 is 1.20 bits per heavy atom. The first-order chi connectivity index (χ1) is 11.8. The molecule has 25 heavy (non-hydrogen) atoms. The van der Waals surface area contributed by atoms with Crippen molar-refractivity contribution in [2.24, 2.45) is 11.8 Å². The number of carboxylic acid groups (broad SMARTS) is 1. The molecule has 0 aromatic rings. The van der Waals surface area contributed by atoms with Gasteiger partial charge in [0.2, 0.25) is 0 Å². The van der Waals surface area contributed by atoms with Crippen molar-refractivity contribution in [2.75, 3.05) is 13.2 Å². The van der Waals surface area contributed by atoms with Gasteiger partial charge in [-0.25, -0.2) is 4.79 Å². The van der Waals surface area contributed by atoms with Crippen LogP contribution < -0.4 is 0 Å². The lowest BCUT2D eigenvalue weighted by Gasteiger charge is -2.44. The van der Waals surface area contributed by atoms with E-state index >= 15 is 0 Å². The normalized spacial score (nSPS) is 31.2. The molecule has 0 radical (unpaired) electrons. The van der Waals surface area contributed by atoms with E-state index in [-0.39, 0.29) is 18.6 Å². The van der Waals surface area contributed by atoms with Gasteiger partial charge in [0.15, 0.2) is 6.29 Å². The van der Waals surface area contributed by atoms with Crippen LogP contribution in [0.5, 0.6) is 0 Å². The van der Waals surface area contributed by atoms with Crippen molar-refractivity contribution in [1.82, 2.24) is 0 Å². The van der Waals surface area contributed by atoms with Crippen LogP contribution in [0.3, 0.4) is 0 Å². The second-order valence-corrected chi connectivity index (χ2v) is 7.32. The van der Waals surface area contributed by atoms with E-state index in [1.165, 1.54) is 0 Å². The van der Waals surface area contributed by atoms with E-state index in [1.54, 1.807) is 0 Å². The summed E-state index contributed by atoms with van der Waals surface area (Å²) in [6.07, 6.45) is -0.172. The Morgan fingerprint density at radius 3 is 2.44 bits per heavy atom.